The van der Waals surface area contributed by atoms with Gasteiger partial charge < -0.3 is 0 Å². The molecular weight excluding hydrogens is 613 g/mol. The van der Waals surface area contributed by atoms with Crippen LogP contribution in [0.3, 0.4) is 0 Å². The summed E-state index contributed by atoms with van der Waals surface area (Å²) in [5.41, 5.74) is 14.8. The van der Waals surface area contributed by atoms with Gasteiger partial charge in [0, 0.05) is 46.9 Å². The van der Waals surface area contributed by atoms with Crippen molar-refractivity contribution in [3.63, 3.8) is 0 Å². The Labute approximate surface area is 289 Å². The van der Waals surface area contributed by atoms with Gasteiger partial charge in [0.05, 0.1) is 19.5 Å². The molecule has 0 saturated heterocycles. The van der Waals surface area contributed by atoms with E-state index in [4.69, 9.17) is 9.97 Å². The third kappa shape index (κ3) is 5.70. The predicted molar refractivity (Wildman–Crippen MR) is 205 cm³/mol. The summed E-state index contributed by atoms with van der Waals surface area (Å²) in [5, 5.41) is 1.49. The van der Waals surface area contributed by atoms with E-state index in [9.17, 15) is 0 Å². The first kappa shape index (κ1) is 30.8. The summed E-state index contributed by atoms with van der Waals surface area (Å²) in [7, 11) is -1.34. The van der Waals surface area contributed by atoms with Crippen LogP contribution in [0.4, 0.5) is 0 Å². The highest BCUT2D eigenvalue weighted by Crippen LogP contribution is 2.50. The zero-order chi connectivity index (χ0) is 33.8. The summed E-state index contributed by atoms with van der Waals surface area (Å²) in [4.78, 5) is 18.5. The summed E-state index contributed by atoms with van der Waals surface area (Å²) in [5.74, 6) is 0.683. The van der Waals surface area contributed by atoms with Crippen molar-refractivity contribution in [1.29, 1.82) is 0 Å². The molecule has 1 aliphatic carbocycles. The van der Waals surface area contributed by atoms with Crippen LogP contribution in [0, 0.1) is 0 Å². The van der Waals surface area contributed by atoms with E-state index in [0.29, 0.717) is 5.82 Å². The second-order valence-corrected chi connectivity index (χ2v) is 19.6. The molecule has 3 aromatic heterocycles. The zero-order valence-corrected chi connectivity index (χ0v) is 29.6. The van der Waals surface area contributed by atoms with Gasteiger partial charge in [-0.25, -0.2) is 9.97 Å². The summed E-state index contributed by atoms with van der Waals surface area (Å²) < 4.78 is 0. The molecule has 8 rings (SSSR count). The molecule has 5 heteroatoms. The Morgan fingerprint density at radius 1 is 0.449 bits per heavy atom. The fraction of sp³-hybridized carbons (Fsp3) is 0.136. The quantitative estimate of drug-likeness (QED) is 0.168. The van der Waals surface area contributed by atoms with Gasteiger partial charge in [-0.2, -0.15) is 0 Å². The molecule has 0 amide bonds. The molecule has 0 N–H and O–H groups in total. The molecule has 0 bridgehead atoms. The summed E-state index contributed by atoms with van der Waals surface area (Å²) in [6.45, 7) is 11.9. The van der Waals surface area contributed by atoms with Crippen LogP contribution in [0.1, 0.15) is 25.0 Å². The lowest BCUT2D eigenvalue weighted by Gasteiger charge is -2.22. The van der Waals surface area contributed by atoms with Crippen LogP contribution >= 0.6 is 0 Å². The molecular formula is C44H38N4Si. The van der Waals surface area contributed by atoms with E-state index in [0.717, 1.165) is 33.6 Å². The first-order chi connectivity index (χ1) is 23.6. The minimum absolute atomic E-state index is 0.111. The maximum Gasteiger partial charge on any atom is 0.160 e. The molecule has 4 aromatic carbocycles. The van der Waals surface area contributed by atoms with Crippen LogP contribution < -0.4 is 5.19 Å². The lowest BCUT2D eigenvalue weighted by atomic mass is 9.81. The number of fused-ring (bicyclic) bond motifs is 3. The summed E-state index contributed by atoms with van der Waals surface area (Å²) in [6.07, 6.45) is 7.18. The Hall–Kier alpha value is -5.52. The number of hydrogen-bond donors (Lipinski definition) is 0. The van der Waals surface area contributed by atoms with Gasteiger partial charge in [-0.3, -0.25) is 9.97 Å². The van der Waals surface area contributed by atoms with Crippen molar-refractivity contribution < 1.29 is 0 Å². The van der Waals surface area contributed by atoms with Crippen LogP contribution in [0.5, 0.6) is 0 Å². The molecule has 238 valence electrons. The number of benzene rings is 4. The Morgan fingerprint density at radius 3 is 1.63 bits per heavy atom. The van der Waals surface area contributed by atoms with Crippen molar-refractivity contribution in [3.05, 3.63) is 151 Å². The van der Waals surface area contributed by atoms with E-state index in [1.807, 2.05) is 30.3 Å². The normalized spacial score (nSPS) is 13.2. The zero-order valence-electron chi connectivity index (χ0n) is 28.6. The molecule has 0 radical (unpaired) electrons. The Kier molecular flexibility index (Phi) is 7.46. The number of aromatic nitrogens is 4. The minimum atomic E-state index is -1.34. The first-order valence-electron chi connectivity index (χ1n) is 16.9. The van der Waals surface area contributed by atoms with Gasteiger partial charge in [0.15, 0.2) is 5.82 Å². The van der Waals surface area contributed by atoms with Gasteiger partial charge in [0.25, 0.3) is 0 Å². The summed E-state index contributed by atoms with van der Waals surface area (Å²) >= 11 is 0. The molecule has 0 atom stereocenters. The van der Waals surface area contributed by atoms with Crippen LogP contribution in [-0.2, 0) is 5.41 Å². The molecule has 0 unspecified atom stereocenters. The van der Waals surface area contributed by atoms with Crippen LogP contribution in [0.25, 0.3) is 67.3 Å². The fourth-order valence-electron chi connectivity index (χ4n) is 7.03. The first-order valence-corrected chi connectivity index (χ1v) is 20.4. The molecule has 0 fully saturated rings. The third-order valence-corrected chi connectivity index (χ3v) is 12.0. The lowest BCUT2D eigenvalue weighted by Crippen LogP contribution is -2.37. The third-order valence-electron chi connectivity index (χ3n) is 9.89. The Balaban J connectivity index is 1.17. The van der Waals surface area contributed by atoms with Crippen molar-refractivity contribution in [2.45, 2.75) is 38.9 Å². The molecule has 4 nitrogen and oxygen atoms in total. The van der Waals surface area contributed by atoms with Gasteiger partial charge in [0.2, 0.25) is 0 Å². The predicted octanol–water partition coefficient (Wildman–Crippen LogP) is 10.5. The smallest absolute Gasteiger partial charge is 0.160 e. The second kappa shape index (κ2) is 11.9. The van der Waals surface area contributed by atoms with E-state index in [-0.39, 0.29) is 5.41 Å². The fourth-order valence-corrected chi connectivity index (χ4v) is 8.20. The van der Waals surface area contributed by atoms with Crippen LogP contribution in [0.2, 0.25) is 19.6 Å². The average Bonchev–Trinajstić information content (AvgIpc) is 3.37. The Bertz CT molecular complexity index is 2270. The minimum Gasteiger partial charge on any atom is -0.265 e. The second-order valence-electron chi connectivity index (χ2n) is 14.5. The largest absolute Gasteiger partial charge is 0.265 e. The van der Waals surface area contributed by atoms with Gasteiger partial charge in [0.1, 0.15) is 0 Å². The monoisotopic (exact) mass is 650 g/mol. The van der Waals surface area contributed by atoms with E-state index in [2.05, 4.69) is 128 Å². The van der Waals surface area contributed by atoms with Crippen molar-refractivity contribution in [2.75, 3.05) is 0 Å². The van der Waals surface area contributed by atoms with E-state index in [1.54, 1.807) is 24.8 Å². The highest BCUT2D eigenvalue weighted by atomic mass is 28.3. The molecule has 0 aliphatic heterocycles. The van der Waals surface area contributed by atoms with Gasteiger partial charge in [-0.05, 0) is 93.0 Å². The van der Waals surface area contributed by atoms with E-state index < -0.39 is 8.07 Å². The maximum atomic E-state index is 5.04. The molecule has 7 aromatic rings. The standard InChI is InChI=1S/C44H38N4Si/c1-44(2)39-16-12-33(29-9-13-36(14-10-29)49(3,4)5)26-38(39)37-15-11-34(27-40(37)44)32-7-6-8-35(25-32)43-47-41(30-17-21-45-22-18-30)28-42(48-43)31-19-23-46-24-20-31/h6-28H,1-5H3. The Morgan fingerprint density at radius 2 is 1.00 bits per heavy atom. The average molecular weight is 651 g/mol. The number of hydrogen-bond acceptors (Lipinski definition) is 4. The lowest BCUT2D eigenvalue weighted by molar-refractivity contribution is 0.660. The molecule has 0 saturated carbocycles. The topological polar surface area (TPSA) is 51.6 Å². The highest BCUT2D eigenvalue weighted by Gasteiger charge is 2.35. The molecule has 1 aliphatic rings. The number of rotatable bonds is 6. The van der Waals surface area contributed by atoms with Crippen LogP contribution in [-0.4, -0.2) is 28.0 Å². The van der Waals surface area contributed by atoms with Gasteiger partial charge >= 0.3 is 0 Å². The molecule has 0 spiro atoms. The van der Waals surface area contributed by atoms with E-state index >= 15 is 0 Å². The maximum absolute atomic E-state index is 5.04. The van der Waals surface area contributed by atoms with E-state index in [1.165, 1.54) is 44.1 Å². The summed E-state index contributed by atoms with van der Waals surface area (Å²) in [6, 6.07) is 41.8. The van der Waals surface area contributed by atoms with Crippen molar-refractivity contribution in [3.8, 4) is 67.3 Å². The SMILES string of the molecule is CC1(C)c2ccc(-c3ccc([Si](C)(C)C)cc3)cc2-c2ccc(-c3cccc(-c4nc(-c5ccncc5)cc(-c5ccncc5)n4)c3)cc21. The van der Waals surface area contributed by atoms with Crippen molar-refractivity contribution in [2.24, 2.45) is 0 Å². The molecule has 3 heterocycles. The van der Waals surface area contributed by atoms with Gasteiger partial charge in [-0.15, -0.1) is 0 Å². The van der Waals surface area contributed by atoms with Gasteiger partial charge in [-0.1, -0.05) is 105 Å². The highest BCUT2D eigenvalue weighted by molar-refractivity contribution is 6.88. The van der Waals surface area contributed by atoms with Crippen LogP contribution in [0.15, 0.2) is 140 Å². The number of nitrogens with zero attached hydrogens (tertiary/aromatic N) is 4. The number of pyridine rings is 2. The molecule has 49 heavy (non-hydrogen) atoms. The van der Waals surface area contributed by atoms with Crippen molar-refractivity contribution in [1.82, 2.24) is 19.9 Å². The van der Waals surface area contributed by atoms with Crippen molar-refractivity contribution >= 4 is 13.3 Å².